The Morgan fingerprint density at radius 2 is 1.88 bits per heavy atom. The minimum Gasteiger partial charge on any atom is -0.361 e. The molecule has 0 fully saturated rings. The smallest absolute Gasteiger partial charge is 0.170 e. The number of nitrogens with zero attached hydrogens (tertiary/aromatic N) is 1. The fraction of sp³-hybridized carbons (Fsp3) is 0.316. The Hall–Kier alpha value is -1.40. The van der Waals surface area contributed by atoms with Crippen LogP contribution < -0.4 is 10.6 Å². The lowest BCUT2D eigenvalue weighted by Gasteiger charge is -2.27. The van der Waals surface area contributed by atoms with Crippen LogP contribution in [0.25, 0.3) is 0 Å². The van der Waals surface area contributed by atoms with Gasteiger partial charge in [0.25, 0.3) is 0 Å². The summed E-state index contributed by atoms with van der Waals surface area (Å²) in [6, 6.07) is 8.31. The molecule has 0 amide bonds. The molecule has 0 aliphatic carbocycles. The van der Waals surface area contributed by atoms with Crippen molar-refractivity contribution in [2.24, 2.45) is 0 Å². The lowest BCUT2D eigenvalue weighted by molar-refractivity contribution is 0.292. The quantitative estimate of drug-likeness (QED) is 0.646. The molecular weight excluding hydrogens is 392 g/mol. The van der Waals surface area contributed by atoms with E-state index in [1.165, 1.54) is 6.07 Å². The lowest BCUT2D eigenvalue weighted by Crippen LogP contribution is -2.37. The second-order valence-electron chi connectivity index (χ2n) is 6.39. The summed E-state index contributed by atoms with van der Waals surface area (Å²) in [7, 11) is 3.74. The zero-order valence-electron chi connectivity index (χ0n) is 15.2. The van der Waals surface area contributed by atoms with E-state index < -0.39 is 0 Å². The van der Waals surface area contributed by atoms with Crippen molar-refractivity contribution < 1.29 is 4.39 Å². The Labute approximate surface area is 169 Å². The molecule has 0 saturated carbocycles. The highest BCUT2D eigenvalue weighted by Gasteiger charge is 2.21. The van der Waals surface area contributed by atoms with Gasteiger partial charge in [-0.05, 0) is 69.5 Å². The molecule has 2 aromatic rings. The van der Waals surface area contributed by atoms with Gasteiger partial charge in [-0.1, -0.05) is 35.3 Å². The molecular formula is C19H22Cl2FN3S. The molecule has 0 aliphatic rings. The maximum Gasteiger partial charge on any atom is 0.170 e. The van der Waals surface area contributed by atoms with Crippen molar-refractivity contribution in [1.29, 1.82) is 0 Å². The highest BCUT2D eigenvalue weighted by Crippen LogP contribution is 2.29. The van der Waals surface area contributed by atoms with E-state index in [9.17, 15) is 4.39 Å². The van der Waals surface area contributed by atoms with Gasteiger partial charge in [-0.25, -0.2) is 4.39 Å². The zero-order chi connectivity index (χ0) is 19.4. The van der Waals surface area contributed by atoms with Gasteiger partial charge in [0.2, 0.25) is 0 Å². The van der Waals surface area contributed by atoms with E-state index >= 15 is 0 Å². The summed E-state index contributed by atoms with van der Waals surface area (Å²) in [5.74, 6) is -0.339. The van der Waals surface area contributed by atoms with Crippen molar-refractivity contribution in [1.82, 2.24) is 10.2 Å². The van der Waals surface area contributed by atoms with Crippen LogP contribution in [-0.4, -0.2) is 30.7 Å². The molecule has 2 aromatic carbocycles. The minimum atomic E-state index is -0.339. The number of thiocarbonyl (C=S) groups is 1. The highest BCUT2D eigenvalue weighted by molar-refractivity contribution is 7.80. The van der Waals surface area contributed by atoms with Crippen molar-refractivity contribution in [3.63, 3.8) is 0 Å². The molecule has 1 atom stereocenters. The predicted molar refractivity (Wildman–Crippen MR) is 113 cm³/mol. The Morgan fingerprint density at radius 1 is 1.19 bits per heavy atom. The summed E-state index contributed by atoms with van der Waals surface area (Å²) in [5, 5.41) is 7.66. The molecule has 7 heteroatoms. The van der Waals surface area contributed by atoms with Gasteiger partial charge in [-0.15, -0.1) is 0 Å². The number of nitrogens with one attached hydrogen (secondary N) is 2. The van der Waals surface area contributed by atoms with Crippen molar-refractivity contribution in [2.45, 2.75) is 19.9 Å². The molecule has 0 unspecified atom stereocenters. The average Bonchev–Trinajstić information content (AvgIpc) is 2.53. The Kier molecular flexibility index (Phi) is 7.24. The largest absolute Gasteiger partial charge is 0.361 e. The third-order valence-corrected chi connectivity index (χ3v) is 4.96. The first-order valence-corrected chi connectivity index (χ1v) is 9.29. The van der Waals surface area contributed by atoms with E-state index in [0.29, 0.717) is 27.3 Å². The van der Waals surface area contributed by atoms with Crippen LogP contribution in [0.1, 0.15) is 22.7 Å². The van der Waals surface area contributed by atoms with Crippen LogP contribution in [0, 0.1) is 19.7 Å². The third kappa shape index (κ3) is 5.07. The zero-order valence-corrected chi connectivity index (χ0v) is 17.5. The molecule has 0 aliphatic heterocycles. The standard InChI is InChI=1S/C19H22Cl2FN3S/c1-11-8-12(2)18(14(21)9-11)24-19(26)23-10-16(25(3)4)17-13(20)6-5-7-15(17)22/h5-9,16H,10H2,1-4H3,(H2,23,24,26)/t16-/m1/s1. The molecule has 26 heavy (non-hydrogen) atoms. The van der Waals surface area contributed by atoms with Crippen LogP contribution in [0.3, 0.4) is 0 Å². The first kappa shape index (κ1) is 20.9. The van der Waals surface area contributed by atoms with Crippen LogP contribution in [0.4, 0.5) is 10.1 Å². The topological polar surface area (TPSA) is 27.3 Å². The number of halogens is 3. The lowest BCUT2D eigenvalue weighted by atomic mass is 10.1. The number of benzene rings is 2. The van der Waals surface area contributed by atoms with Crippen molar-refractivity contribution >= 4 is 46.2 Å². The molecule has 0 aromatic heterocycles. The van der Waals surface area contributed by atoms with E-state index in [-0.39, 0.29) is 11.9 Å². The normalized spacial score (nSPS) is 12.2. The number of likely N-dealkylation sites (N-methyl/N-ethyl adjacent to an activating group) is 1. The molecule has 0 radical (unpaired) electrons. The Morgan fingerprint density at radius 3 is 2.46 bits per heavy atom. The molecule has 0 heterocycles. The maximum absolute atomic E-state index is 14.3. The molecule has 2 N–H and O–H groups in total. The van der Waals surface area contributed by atoms with Crippen molar-refractivity contribution in [3.8, 4) is 0 Å². The van der Waals surface area contributed by atoms with Gasteiger partial charge in [0, 0.05) is 17.1 Å². The molecule has 140 valence electrons. The third-order valence-electron chi connectivity index (χ3n) is 4.08. The Balaban J connectivity index is 2.12. The molecule has 0 bridgehead atoms. The SMILES string of the molecule is Cc1cc(C)c(NC(=S)NC[C@H](c2c(F)cccc2Cl)N(C)C)c(Cl)c1. The monoisotopic (exact) mass is 413 g/mol. The van der Waals surface area contributed by atoms with Gasteiger partial charge in [-0.3, -0.25) is 0 Å². The minimum absolute atomic E-state index is 0.280. The maximum atomic E-state index is 14.3. The summed E-state index contributed by atoms with van der Waals surface area (Å²) in [5.41, 5.74) is 3.29. The van der Waals surface area contributed by atoms with Crippen LogP contribution in [-0.2, 0) is 0 Å². The van der Waals surface area contributed by atoms with E-state index in [2.05, 4.69) is 10.6 Å². The predicted octanol–water partition coefficient (Wildman–Crippen LogP) is 5.34. The first-order chi connectivity index (χ1) is 12.2. The first-order valence-electron chi connectivity index (χ1n) is 8.12. The fourth-order valence-corrected chi connectivity index (χ4v) is 3.64. The number of aryl methyl sites for hydroxylation is 2. The van der Waals surface area contributed by atoms with Gasteiger partial charge in [0.1, 0.15) is 5.82 Å². The molecule has 2 rings (SSSR count). The van der Waals surface area contributed by atoms with Gasteiger partial charge in [0.05, 0.1) is 16.8 Å². The second-order valence-corrected chi connectivity index (χ2v) is 7.61. The summed E-state index contributed by atoms with van der Waals surface area (Å²) in [4.78, 5) is 1.89. The summed E-state index contributed by atoms with van der Waals surface area (Å²) in [6.07, 6.45) is 0. The van der Waals surface area contributed by atoms with Crippen LogP contribution in [0.5, 0.6) is 0 Å². The number of anilines is 1. The van der Waals surface area contributed by atoms with Crippen molar-refractivity contribution in [3.05, 3.63) is 62.9 Å². The number of hydrogen-bond acceptors (Lipinski definition) is 2. The van der Waals surface area contributed by atoms with Crippen molar-refractivity contribution in [2.75, 3.05) is 26.0 Å². The van der Waals surface area contributed by atoms with Gasteiger partial charge in [-0.2, -0.15) is 0 Å². The van der Waals surface area contributed by atoms with E-state index in [4.69, 9.17) is 35.4 Å². The van der Waals surface area contributed by atoms with Gasteiger partial charge < -0.3 is 15.5 Å². The van der Waals surface area contributed by atoms with Crippen LogP contribution in [0.15, 0.2) is 30.3 Å². The van der Waals surface area contributed by atoms with Crippen LogP contribution >= 0.6 is 35.4 Å². The fourth-order valence-electron chi connectivity index (χ4n) is 2.79. The molecule has 3 nitrogen and oxygen atoms in total. The highest BCUT2D eigenvalue weighted by atomic mass is 35.5. The average molecular weight is 414 g/mol. The van der Waals surface area contributed by atoms with Gasteiger partial charge in [0.15, 0.2) is 5.11 Å². The summed E-state index contributed by atoms with van der Waals surface area (Å²) >= 11 is 17.9. The Bertz CT molecular complexity index is 768. The van der Waals surface area contributed by atoms with E-state index in [1.54, 1.807) is 12.1 Å². The summed E-state index contributed by atoms with van der Waals surface area (Å²) in [6.45, 7) is 4.34. The van der Waals surface area contributed by atoms with E-state index in [0.717, 1.165) is 16.8 Å². The molecule has 0 spiro atoms. The van der Waals surface area contributed by atoms with Gasteiger partial charge >= 0.3 is 0 Å². The number of hydrogen-bond donors (Lipinski definition) is 2. The summed E-state index contributed by atoms with van der Waals surface area (Å²) < 4.78 is 14.3. The number of rotatable bonds is 5. The second kappa shape index (κ2) is 9.00. The van der Waals surface area contributed by atoms with Crippen LogP contribution in [0.2, 0.25) is 10.0 Å². The molecule has 0 saturated heterocycles. The van der Waals surface area contributed by atoms with E-state index in [1.807, 2.05) is 45.0 Å².